The Bertz CT molecular complexity index is 1060. The number of carbonyl (C=O) groups excluding carboxylic acids is 1. The third kappa shape index (κ3) is 4.28. The summed E-state index contributed by atoms with van der Waals surface area (Å²) < 4.78 is 8.49. The highest BCUT2D eigenvalue weighted by atomic mass is 79.9. The number of methoxy groups -OCH3 is 1. The molecule has 4 nitrogen and oxygen atoms in total. The van der Waals surface area contributed by atoms with E-state index in [0.717, 1.165) is 48.1 Å². The number of benzene rings is 1. The molecule has 0 N–H and O–H groups in total. The lowest BCUT2D eigenvalue weighted by Crippen LogP contribution is -2.06. The van der Waals surface area contributed by atoms with Crippen molar-refractivity contribution in [3.8, 4) is 5.75 Å². The van der Waals surface area contributed by atoms with Gasteiger partial charge in [0.1, 0.15) is 5.75 Å². The zero-order valence-corrected chi connectivity index (χ0v) is 19.1. The summed E-state index contributed by atoms with van der Waals surface area (Å²) in [7, 11) is 1.66. The van der Waals surface area contributed by atoms with Gasteiger partial charge >= 0.3 is 0 Å². The maximum Gasteiger partial charge on any atom is 0.186 e. The SMILES string of the molecule is COc1ccc(/C=C/C(=O)c2cc(C)sc2C)cc1Cn1nc(C)c(Br)c1C. The van der Waals surface area contributed by atoms with Crippen LogP contribution in [0, 0.1) is 27.7 Å². The van der Waals surface area contributed by atoms with Gasteiger partial charge in [0, 0.05) is 20.9 Å². The lowest BCUT2D eigenvalue weighted by atomic mass is 10.1. The fourth-order valence-corrected chi connectivity index (χ4v) is 4.37. The molecule has 0 aliphatic rings. The van der Waals surface area contributed by atoms with Crippen LogP contribution in [0.15, 0.2) is 34.8 Å². The third-order valence-corrected chi connectivity index (χ3v) is 6.76. The van der Waals surface area contributed by atoms with Crippen molar-refractivity contribution in [2.45, 2.75) is 34.2 Å². The number of rotatable bonds is 6. The molecule has 0 amide bonds. The molecule has 0 aliphatic heterocycles. The lowest BCUT2D eigenvalue weighted by molar-refractivity contribution is 0.104. The Hall–Kier alpha value is -2.18. The summed E-state index contributed by atoms with van der Waals surface area (Å²) in [4.78, 5) is 14.7. The van der Waals surface area contributed by atoms with E-state index >= 15 is 0 Å². The van der Waals surface area contributed by atoms with E-state index in [4.69, 9.17) is 4.74 Å². The summed E-state index contributed by atoms with van der Waals surface area (Å²) in [6.45, 7) is 8.61. The Morgan fingerprint density at radius 1 is 1.25 bits per heavy atom. The minimum absolute atomic E-state index is 0.0293. The highest BCUT2D eigenvalue weighted by Gasteiger charge is 2.12. The summed E-state index contributed by atoms with van der Waals surface area (Å²) >= 11 is 5.22. The molecule has 0 fully saturated rings. The number of aromatic nitrogens is 2. The second-order valence-corrected chi connectivity index (χ2v) is 8.99. The first-order valence-electron chi connectivity index (χ1n) is 8.96. The van der Waals surface area contributed by atoms with E-state index in [1.807, 2.05) is 62.7 Å². The molecule has 3 aromatic rings. The quantitative estimate of drug-likeness (QED) is 0.341. The van der Waals surface area contributed by atoms with Crippen LogP contribution in [0.3, 0.4) is 0 Å². The van der Waals surface area contributed by atoms with Gasteiger partial charge in [0.25, 0.3) is 0 Å². The number of ketones is 1. The predicted molar refractivity (Wildman–Crippen MR) is 119 cm³/mol. The molecule has 0 atom stereocenters. The van der Waals surface area contributed by atoms with Crippen molar-refractivity contribution in [1.29, 1.82) is 0 Å². The van der Waals surface area contributed by atoms with E-state index in [-0.39, 0.29) is 5.78 Å². The molecule has 1 aromatic carbocycles. The van der Waals surface area contributed by atoms with Gasteiger partial charge in [0.15, 0.2) is 5.78 Å². The number of carbonyl (C=O) groups is 1. The fourth-order valence-electron chi connectivity index (χ4n) is 3.15. The van der Waals surface area contributed by atoms with Crippen molar-refractivity contribution in [3.05, 3.63) is 72.6 Å². The molecule has 6 heteroatoms. The average molecular weight is 459 g/mol. The monoisotopic (exact) mass is 458 g/mol. The van der Waals surface area contributed by atoms with Gasteiger partial charge in [0.2, 0.25) is 0 Å². The van der Waals surface area contributed by atoms with E-state index in [1.165, 1.54) is 0 Å². The maximum absolute atomic E-state index is 12.5. The van der Waals surface area contributed by atoms with Crippen LogP contribution in [0.5, 0.6) is 5.75 Å². The minimum Gasteiger partial charge on any atom is -0.496 e. The molecule has 0 saturated heterocycles. The van der Waals surface area contributed by atoms with Crippen LogP contribution in [0.2, 0.25) is 0 Å². The standard InChI is InChI=1S/C22H23BrN2O2S/c1-13-10-19(16(4)28-13)20(26)8-6-17-7-9-21(27-5)18(11-17)12-25-15(3)22(23)14(2)24-25/h6-11H,12H2,1-5H3/b8-6+. The summed E-state index contributed by atoms with van der Waals surface area (Å²) in [5, 5.41) is 4.58. The predicted octanol–water partition coefficient (Wildman–Crippen LogP) is 5.89. The van der Waals surface area contributed by atoms with Gasteiger partial charge in [-0.1, -0.05) is 12.1 Å². The van der Waals surface area contributed by atoms with Gasteiger partial charge in [-0.05, 0) is 73.5 Å². The van der Waals surface area contributed by atoms with E-state index in [2.05, 4.69) is 21.0 Å². The molecule has 2 aromatic heterocycles. The van der Waals surface area contributed by atoms with Gasteiger partial charge in [-0.25, -0.2) is 0 Å². The largest absolute Gasteiger partial charge is 0.496 e. The van der Waals surface area contributed by atoms with Gasteiger partial charge in [-0.3, -0.25) is 9.48 Å². The van der Waals surface area contributed by atoms with Gasteiger partial charge in [0.05, 0.1) is 29.5 Å². The van der Waals surface area contributed by atoms with E-state index in [1.54, 1.807) is 24.5 Å². The second-order valence-electron chi connectivity index (χ2n) is 6.74. The number of hydrogen-bond donors (Lipinski definition) is 0. The number of hydrogen-bond acceptors (Lipinski definition) is 4. The molecule has 0 saturated carbocycles. The van der Waals surface area contributed by atoms with Crippen LogP contribution in [0.1, 0.15) is 42.6 Å². The van der Waals surface area contributed by atoms with Crippen molar-refractivity contribution in [2.24, 2.45) is 0 Å². The van der Waals surface area contributed by atoms with E-state index < -0.39 is 0 Å². The van der Waals surface area contributed by atoms with E-state index in [0.29, 0.717) is 6.54 Å². The Morgan fingerprint density at radius 3 is 2.57 bits per heavy atom. The topological polar surface area (TPSA) is 44.1 Å². The first-order chi connectivity index (χ1) is 13.3. The summed E-state index contributed by atoms with van der Waals surface area (Å²) in [5.41, 5.74) is 4.77. The van der Waals surface area contributed by atoms with Crippen molar-refractivity contribution in [1.82, 2.24) is 9.78 Å². The van der Waals surface area contributed by atoms with Crippen molar-refractivity contribution < 1.29 is 9.53 Å². The molecule has 0 spiro atoms. The zero-order valence-electron chi connectivity index (χ0n) is 16.7. The number of aryl methyl sites for hydroxylation is 3. The first kappa shape index (κ1) is 20.6. The van der Waals surface area contributed by atoms with E-state index in [9.17, 15) is 4.79 Å². The molecule has 0 radical (unpaired) electrons. The number of nitrogens with zero attached hydrogens (tertiary/aromatic N) is 2. The van der Waals surface area contributed by atoms with Crippen LogP contribution in [-0.2, 0) is 6.54 Å². The number of thiophene rings is 1. The van der Waals surface area contributed by atoms with Crippen molar-refractivity contribution >= 4 is 39.1 Å². The number of ether oxygens (including phenoxy) is 1. The minimum atomic E-state index is 0.0293. The number of halogens is 1. The molecule has 3 rings (SSSR count). The molecule has 146 valence electrons. The van der Waals surface area contributed by atoms with Crippen molar-refractivity contribution in [3.63, 3.8) is 0 Å². The highest BCUT2D eigenvalue weighted by molar-refractivity contribution is 9.10. The average Bonchev–Trinajstić information content (AvgIpc) is 3.13. The summed E-state index contributed by atoms with van der Waals surface area (Å²) in [5.74, 6) is 0.832. The van der Waals surface area contributed by atoms with Gasteiger partial charge < -0.3 is 4.74 Å². The second kappa shape index (κ2) is 8.45. The maximum atomic E-state index is 12.5. The summed E-state index contributed by atoms with van der Waals surface area (Å²) in [6, 6.07) is 7.88. The molecule has 2 heterocycles. The smallest absolute Gasteiger partial charge is 0.186 e. The van der Waals surface area contributed by atoms with Crippen LogP contribution in [-0.4, -0.2) is 22.7 Å². The van der Waals surface area contributed by atoms with Crippen LogP contribution in [0.4, 0.5) is 0 Å². The van der Waals surface area contributed by atoms with Crippen LogP contribution < -0.4 is 4.74 Å². The Labute approximate surface area is 178 Å². The third-order valence-electron chi connectivity index (χ3n) is 4.65. The molecule has 28 heavy (non-hydrogen) atoms. The lowest BCUT2D eigenvalue weighted by Gasteiger charge is -2.11. The molecular weight excluding hydrogens is 436 g/mol. The molecular formula is C22H23BrN2O2S. The molecule has 0 aliphatic carbocycles. The van der Waals surface area contributed by atoms with Gasteiger partial charge in [-0.15, -0.1) is 11.3 Å². The Balaban J connectivity index is 1.87. The Kier molecular flexibility index (Phi) is 6.20. The Morgan fingerprint density at radius 2 is 2.00 bits per heavy atom. The highest BCUT2D eigenvalue weighted by Crippen LogP contribution is 2.26. The first-order valence-corrected chi connectivity index (χ1v) is 10.6. The number of allylic oxidation sites excluding steroid dienone is 1. The van der Waals surface area contributed by atoms with Crippen molar-refractivity contribution in [2.75, 3.05) is 7.11 Å². The van der Waals surface area contributed by atoms with Gasteiger partial charge in [-0.2, -0.15) is 5.10 Å². The molecule has 0 unspecified atom stereocenters. The normalized spacial score (nSPS) is 11.4. The fraction of sp³-hybridized carbons (Fsp3) is 0.273. The molecule has 0 bridgehead atoms. The van der Waals surface area contributed by atoms with Crippen LogP contribution in [0.25, 0.3) is 6.08 Å². The van der Waals surface area contributed by atoms with Crippen LogP contribution >= 0.6 is 27.3 Å². The zero-order chi connectivity index (χ0) is 20.4. The summed E-state index contributed by atoms with van der Waals surface area (Å²) in [6.07, 6.45) is 3.49.